The van der Waals surface area contributed by atoms with Crippen molar-refractivity contribution in [1.82, 2.24) is 5.01 Å². The third-order valence-corrected chi connectivity index (χ3v) is 6.96. The van der Waals surface area contributed by atoms with Gasteiger partial charge in [0, 0.05) is 26.5 Å². The van der Waals surface area contributed by atoms with Crippen molar-refractivity contribution in [3.05, 3.63) is 90.8 Å². The Balaban J connectivity index is 1.60. The van der Waals surface area contributed by atoms with Crippen molar-refractivity contribution in [3.63, 3.8) is 0 Å². The Morgan fingerprint density at radius 3 is 2.40 bits per heavy atom. The quantitative estimate of drug-likeness (QED) is 0.322. The van der Waals surface area contributed by atoms with Gasteiger partial charge >= 0.3 is 0 Å². The molecule has 0 spiro atoms. The number of nitrogens with zero attached hydrogens (tertiary/aromatic N) is 2. The van der Waals surface area contributed by atoms with E-state index in [-0.39, 0.29) is 12.3 Å². The molecule has 0 amide bonds. The number of hydrogen-bond donors (Lipinski definition) is 0. The zero-order chi connectivity index (χ0) is 20.8. The summed E-state index contributed by atoms with van der Waals surface area (Å²) in [6.45, 7) is 0. The molecule has 2 aliphatic rings. The van der Waals surface area contributed by atoms with E-state index in [9.17, 15) is 0 Å². The third kappa shape index (κ3) is 3.57. The summed E-state index contributed by atoms with van der Waals surface area (Å²) in [7, 11) is 1.67. The number of halogens is 3. The van der Waals surface area contributed by atoms with Crippen molar-refractivity contribution in [2.24, 2.45) is 5.10 Å². The van der Waals surface area contributed by atoms with Crippen molar-refractivity contribution >= 4 is 53.5 Å². The SMILES string of the molecule is COc1ccc([C@@H]2Oc3c(Br)cc(Br)cc3[C@H]3CC(c4ccc(Br)cc4)=NN32)cc1. The Labute approximate surface area is 200 Å². The highest BCUT2D eigenvalue weighted by Gasteiger charge is 2.41. The Bertz CT molecular complexity index is 1130. The molecule has 0 saturated heterocycles. The summed E-state index contributed by atoms with van der Waals surface area (Å²) in [6, 6.07) is 20.5. The summed E-state index contributed by atoms with van der Waals surface area (Å²) < 4.78 is 14.8. The smallest absolute Gasteiger partial charge is 0.213 e. The number of hydrogen-bond acceptors (Lipinski definition) is 4. The van der Waals surface area contributed by atoms with Crippen molar-refractivity contribution in [2.75, 3.05) is 7.11 Å². The summed E-state index contributed by atoms with van der Waals surface area (Å²) in [6.07, 6.45) is 0.493. The van der Waals surface area contributed by atoms with E-state index < -0.39 is 0 Å². The fraction of sp³-hybridized carbons (Fsp3) is 0.174. The second kappa shape index (κ2) is 8.02. The van der Waals surface area contributed by atoms with Gasteiger partial charge in [0.15, 0.2) is 0 Å². The summed E-state index contributed by atoms with van der Waals surface area (Å²) in [5.41, 5.74) is 4.33. The van der Waals surface area contributed by atoms with E-state index in [1.807, 2.05) is 42.5 Å². The maximum absolute atomic E-state index is 6.50. The minimum absolute atomic E-state index is 0.0910. The predicted molar refractivity (Wildman–Crippen MR) is 128 cm³/mol. The van der Waals surface area contributed by atoms with Gasteiger partial charge in [-0.1, -0.05) is 44.0 Å². The monoisotopic (exact) mass is 590 g/mol. The summed E-state index contributed by atoms with van der Waals surface area (Å²) in [5.74, 6) is 1.68. The van der Waals surface area contributed by atoms with Crippen LogP contribution in [-0.4, -0.2) is 17.8 Å². The van der Waals surface area contributed by atoms with Gasteiger partial charge in [-0.05, 0) is 70.0 Å². The van der Waals surface area contributed by atoms with Gasteiger partial charge in [0.2, 0.25) is 6.23 Å². The molecule has 0 radical (unpaired) electrons. The van der Waals surface area contributed by atoms with Crippen LogP contribution in [-0.2, 0) is 0 Å². The van der Waals surface area contributed by atoms with Crippen LogP contribution in [0.1, 0.15) is 35.4 Å². The highest BCUT2D eigenvalue weighted by atomic mass is 79.9. The van der Waals surface area contributed by atoms with Crippen LogP contribution in [0.5, 0.6) is 11.5 Å². The molecular formula is C23H17Br3N2O2. The number of rotatable bonds is 3. The molecule has 2 heterocycles. The largest absolute Gasteiger partial charge is 0.497 e. The zero-order valence-corrected chi connectivity index (χ0v) is 20.7. The molecule has 3 aromatic carbocycles. The van der Waals surface area contributed by atoms with E-state index in [1.165, 1.54) is 0 Å². The van der Waals surface area contributed by atoms with Crippen LogP contribution >= 0.6 is 47.8 Å². The van der Waals surface area contributed by atoms with E-state index in [4.69, 9.17) is 14.6 Å². The first-order valence-corrected chi connectivity index (χ1v) is 11.8. The summed E-state index contributed by atoms with van der Waals surface area (Å²) in [5, 5.41) is 7.10. The van der Waals surface area contributed by atoms with Crippen LogP contribution in [0.2, 0.25) is 0 Å². The molecule has 0 fully saturated rings. The first-order valence-electron chi connectivity index (χ1n) is 9.45. The maximum Gasteiger partial charge on any atom is 0.213 e. The number of hydrazone groups is 1. The molecule has 0 bridgehead atoms. The number of fused-ring (bicyclic) bond motifs is 3. The fourth-order valence-electron chi connectivity index (χ4n) is 3.92. The average molecular weight is 593 g/mol. The lowest BCUT2D eigenvalue weighted by atomic mass is 9.96. The second-order valence-electron chi connectivity index (χ2n) is 7.20. The first kappa shape index (κ1) is 20.1. The van der Waals surface area contributed by atoms with Gasteiger partial charge in [0.05, 0.1) is 23.3 Å². The number of ether oxygens (including phenoxy) is 2. The Morgan fingerprint density at radius 2 is 1.70 bits per heavy atom. The molecule has 4 nitrogen and oxygen atoms in total. The van der Waals surface area contributed by atoms with Gasteiger partial charge in [-0.2, -0.15) is 5.10 Å². The molecule has 152 valence electrons. The van der Waals surface area contributed by atoms with Crippen LogP contribution in [0.15, 0.2) is 79.2 Å². The van der Waals surface area contributed by atoms with Crippen LogP contribution in [0.4, 0.5) is 0 Å². The van der Waals surface area contributed by atoms with Crippen LogP contribution < -0.4 is 9.47 Å². The topological polar surface area (TPSA) is 34.1 Å². The standard InChI is InChI=1S/C23H17Br3N2O2/c1-29-17-8-4-14(5-9-17)23-28-21(18-10-16(25)11-19(26)22(18)30-23)12-20(27-28)13-2-6-15(24)7-3-13/h2-11,21,23H,12H2,1H3/t21-,23+/m1/s1. The van der Waals surface area contributed by atoms with Gasteiger partial charge in [-0.3, -0.25) is 0 Å². The third-order valence-electron chi connectivity index (χ3n) is 5.39. The van der Waals surface area contributed by atoms with E-state index in [0.717, 1.165) is 53.7 Å². The van der Waals surface area contributed by atoms with E-state index in [0.29, 0.717) is 0 Å². The lowest BCUT2D eigenvalue weighted by Gasteiger charge is -2.38. The first-order chi connectivity index (χ1) is 14.5. The van der Waals surface area contributed by atoms with Crippen molar-refractivity contribution < 1.29 is 9.47 Å². The van der Waals surface area contributed by atoms with Crippen molar-refractivity contribution in [1.29, 1.82) is 0 Å². The summed E-state index contributed by atoms with van der Waals surface area (Å²) in [4.78, 5) is 0. The van der Waals surface area contributed by atoms with E-state index >= 15 is 0 Å². The fourth-order valence-corrected chi connectivity index (χ4v) is 5.54. The molecule has 0 unspecified atom stereocenters. The summed E-state index contributed by atoms with van der Waals surface area (Å²) >= 11 is 10.8. The Morgan fingerprint density at radius 1 is 0.967 bits per heavy atom. The Hall–Kier alpha value is -1.83. The molecular weight excluding hydrogens is 576 g/mol. The molecule has 0 N–H and O–H groups in total. The number of benzene rings is 3. The highest BCUT2D eigenvalue weighted by molar-refractivity contribution is 9.11. The predicted octanol–water partition coefficient (Wildman–Crippen LogP) is 7.23. The zero-order valence-electron chi connectivity index (χ0n) is 16.0. The van der Waals surface area contributed by atoms with Crippen molar-refractivity contribution in [2.45, 2.75) is 18.7 Å². The van der Waals surface area contributed by atoms with Crippen molar-refractivity contribution in [3.8, 4) is 11.5 Å². The van der Waals surface area contributed by atoms with Gasteiger partial charge in [0.25, 0.3) is 0 Å². The van der Waals surface area contributed by atoms with Gasteiger partial charge in [-0.25, -0.2) is 5.01 Å². The van der Waals surface area contributed by atoms with Crippen LogP contribution in [0, 0.1) is 0 Å². The highest BCUT2D eigenvalue weighted by Crippen LogP contribution is 2.50. The molecule has 2 aliphatic heterocycles. The molecule has 3 aromatic rings. The van der Waals surface area contributed by atoms with Gasteiger partial charge in [0.1, 0.15) is 11.5 Å². The number of methoxy groups -OCH3 is 1. The lowest BCUT2D eigenvalue weighted by molar-refractivity contribution is -0.0197. The molecule has 0 saturated carbocycles. The molecule has 5 rings (SSSR count). The normalized spacial score (nSPS) is 19.6. The maximum atomic E-state index is 6.50. The van der Waals surface area contributed by atoms with E-state index in [2.05, 4.69) is 71.0 Å². The van der Waals surface area contributed by atoms with Gasteiger partial charge in [-0.15, -0.1) is 0 Å². The molecule has 30 heavy (non-hydrogen) atoms. The minimum atomic E-state index is -0.321. The molecule has 7 heteroatoms. The average Bonchev–Trinajstić information content (AvgIpc) is 3.20. The Kier molecular flexibility index (Phi) is 5.37. The second-order valence-corrected chi connectivity index (χ2v) is 9.89. The molecule has 0 aliphatic carbocycles. The van der Waals surface area contributed by atoms with E-state index in [1.54, 1.807) is 7.11 Å². The van der Waals surface area contributed by atoms with Crippen LogP contribution in [0.3, 0.4) is 0 Å². The minimum Gasteiger partial charge on any atom is -0.497 e. The van der Waals surface area contributed by atoms with Gasteiger partial charge < -0.3 is 9.47 Å². The van der Waals surface area contributed by atoms with Crippen LogP contribution in [0.25, 0.3) is 0 Å². The molecule has 0 aromatic heterocycles. The lowest BCUT2D eigenvalue weighted by Crippen LogP contribution is -2.33. The molecule has 2 atom stereocenters.